The van der Waals surface area contributed by atoms with Crippen molar-refractivity contribution in [2.75, 3.05) is 27.4 Å². The SMILES string of the molecule is COCC(C)NC(=O)c1ccc(OCCC(C)C)c(OC)c1. The van der Waals surface area contributed by atoms with Crippen molar-refractivity contribution in [1.29, 1.82) is 0 Å². The van der Waals surface area contributed by atoms with Gasteiger partial charge < -0.3 is 19.5 Å². The van der Waals surface area contributed by atoms with E-state index in [9.17, 15) is 4.79 Å². The quantitative estimate of drug-likeness (QED) is 0.762. The Bertz CT molecular complexity index is 474. The second kappa shape index (κ2) is 9.30. The highest BCUT2D eigenvalue weighted by Gasteiger charge is 2.13. The molecule has 124 valence electrons. The van der Waals surface area contributed by atoms with Crippen molar-refractivity contribution in [1.82, 2.24) is 5.32 Å². The van der Waals surface area contributed by atoms with E-state index < -0.39 is 0 Å². The van der Waals surface area contributed by atoms with Crippen LogP contribution in [-0.4, -0.2) is 39.4 Å². The first kappa shape index (κ1) is 18.3. The molecule has 1 aromatic rings. The molecule has 0 aliphatic heterocycles. The lowest BCUT2D eigenvalue weighted by atomic mass is 10.1. The molecule has 0 spiro atoms. The molecule has 0 saturated heterocycles. The van der Waals surface area contributed by atoms with E-state index in [0.29, 0.717) is 36.2 Å². The number of hydrogen-bond acceptors (Lipinski definition) is 4. The van der Waals surface area contributed by atoms with E-state index in [0.717, 1.165) is 6.42 Å². The van der Waals surface area contributed by atoms with Crippen LogP contribution < -0.4 is 14.8 Å². The Morgan fingerprint density at radius 3 is 2.50 bits per heavy atom. The maximum atomic E-state index is 12.1. The van der Waals surface area contributed by atoms with E-state index >= 15 is 0 Å². The van der Waals surface area contributed by atoms with Crippen LogP contribution in [0.5, 0.6) is 11.5 Å². The van der Waals surface area contributed by atoms with Gasteiger partial charge in [-0.05, 0) is 37.5 Å². The van der Waals surface area contributed by atoms with E-state index in [-0.39, 0.29) is 11.9 Å². The van der Waals surface area contributed by atoms with Crippen LogP contribution in [-0.2, 0) is 4.74 Å². The number of hydrogen-bond donors (Lipinski definition) is 1. The average Bonchev–Trinajstić information content (AvgIpc) is 2.47. The predicted octanol–water partition coefficient (Wildman–Crippen LogP) is 2.88. The van der Waals surface area contributed by atoms with Crippen molar-refractivity contribution in [3.05, 3.63) is 23.8 Å². The molecule has 0 aromatic heterocycles. The Morgan fingerprint density at radius 1 is 1.18 bits per heavy atom. The van der Waals surface area contributed by atoms with Gasteiger partial charge in [0.05, 0.1) is 20.3 Å². The van der Waals surface area contributed by atoms with Crippen LogP contribution in [0.25, 0.3) is 0 Å². The topological polar surface area (TPSA) is 56.8 Å². The highest BCUT2D eigenvalue weighted by molar-refractivity contribution is 5.95. The molecule has 5 heteroatoms. The first-order valence-electron chi connectivity index (χ1n) is 7.58. The molecular formula is C17H27NO4. The maximum absolute atomic E-state index is 12.1. The fraction of sp³-hybridized carbons (Fsp3) is 0.588. The van der Waals surface area contributed by atoms with E-state index in [1.54, 1.807) is 32.4 Å². The summed E-state index contributed by atoms with van der Waals surface area (Å²) in [5.41, 5.74) is 0.538. The summed E-state index contributed by atoms with van der Waals surface area (Å²) in [6, 6.07) is 5.15. The van der Waals surface area contributed by atoms with Crippen LogP contribution in [0.2, 0.25) is 0 Å². The van der Waals surface area contributed by atoms with Crippen molar-refractivity contribution in [3.8, 4) is 11.5 Å². The van der Waals surface area contributed by atoms with Crippen LogP contribution in [0.1, 0.15) is 37.6 Å². The Morgan fingerprint density at radius 2 is 1.91 bits per heavy atom. The van der Waals surface area contributed by atoms with Gasteiger partial charge >= 0.3 is 0 Å². The van der Waals surface area contributed by atoms with E-state index in [4.69, 9.17) is 14.2 Å². The molecule has 0 radical (unpaired) electrons. The van der Waals surface area contributed by atoms with Gasteiger partial charge in [-0.25, -0.2) is 0 Å². The van der Waals surface area contributed by atoms with Crippen LogP contribution in [0.15, 0.2) is 18.2 Å². The Kier molecular flexibility index (Phi) is 7.74. The minimum atomic E-state index is -0.156. The van der Waals surface area contributed by atoms with Gasteiger partial charge in [0.25, 0.3) is 5.91 Å². The van der Waals surface area contributed by atoms with Crippen LogP contribution >= 0.6 is 0 Å². The number of carbonyl (C=O) groups is 1. The summed E-state index contributed by atoms with van der Waals surface area (Å²) in [6.45, 7) is 7.29. The van der Waals surface area contributed by atoms with Crippen molar-refractivity contribution < 1.29 is 19.0 Å². The smallest absolute Gasteiger partial charge is 0.251 e. The molecule has 5 nitrogen and oxygen atoms in total. The largest absolute Gasteiger partial charge is 0.493 e. The number of nitrogens with one attached hydrogen (secondary N) is 1. The molecule has 22 heavy (non-hydrogen) atoms. The number of carbonyl (C=O) groups excluding carboxylic acids is 1. The van der Waals surface area contributed by atoms with Gasteiger partial charge in [0.15, 0.2) is 11.5 Å². The summed E-state index contributed by atoms with van der Waals surface area (Å²) >= 11 is 0. The fourth-order valence-corrected chi connectivity index (χ4v) is 1.93. The third kappa shape index (κ3) is 5.93. The van der Waals surface area contributed by atoms with E-state index in [1.165, 1.54) is 0 Å². The fourth-order valence-electron chi connectivity index (χ4n) is 1.93. The average molecular weight is 309 g/mol. The lowest BCUT2D eigenvalue weighted by molar-refractivity contribution is 0.0905. The first-order chi connectivity index (χ1) is 10.5. The van der Waals surface area contributed by atoms with Gasteiger partial charge in [0.2, 0.25) is 0 Å². The molecule has 1 N–H and O–H groups in total. The molecule has 0 heterocycles. The van der Waals surface area contributed by atoms with Gasteiger partial charge in [-0.1, -0.05) is 13.8 Å². The second-order valence-electron chi connectivity index (χ2n) is 5.73. The summed E-state index contributed by atoms with van der Waals surface area (Å²) in [7, 11) is 3.18. The van der Waals surface area contributed by atoms with Gasteiger partial charge in [-0.2, -0.15) is 0 Å². The van der Waals surface area contributed by atoms with Gasteiger partial charge in [-0.15, -0.1) is 0 Å². The summed E-state index contributed by atoms with van der Waals surface area (Å²) in [6.07, 6.45) is 0.972. The summed E-state index contributed by atoms with van der Waals surface area (Å²) in [4.78, 5) is 12.1. The molecule has 1 aromatic carbocycles. The highest BCUT2D eigenvalue weighted by atomic mass is 16.5. The van der Waals surface area contributed by atoms with E-state index in [1.807, 2.05) is 6.92 Å². The zero-order valence-electron chi connectivity index (χ0n) is 14.1. The molecular weight excluding hydrogens is 282 g/mol. The Hall–Kier alpha value is -1.75. The minimum Gasteiger partial charge on any atom is -0.493 e. The molecule has 1 amide bonds. The number of rotatable bonds is 9. The highest BCUT2D eigenvalue weighted by Crippen LogP contribution is 2.28. The molecule has 0 saturated carbocycles. The lowest BCUT2D eigenvalue weighted by Crippen LogP contribution is -2.35. The number of methoxy groups -OCH3 is 2. The maximum Gasteiger partial charge on any atom is 0.251 e. The third-order valence-electron chi connectivity index (χ3n) is 3.17. The zero-order chi connectivity index (χ0) is 16.5. The molecule has 0 aliphatic rings. The second-order valence-corrected chi connectivity index (χ2v) is 5.73. The summed E-state index contributed by atoms with van der Waals surface area (Å²) < 4.78 is 16.0. The van der Waals surface area contributed by atoms with Crippen molar-refractivity contribution in [2.45, 2.75) is 33.2 Å². The van der Waals surface area contributed by atoms with Gasteiger partial charge in [0.1, 0.15) is 0 Å². The van der Waals surface area contributed by atoms with E-state index in [2.05, 4.69) is 19.2 Å². The minimum absolute atomic E-state index is 0.0505. The number of benzene rings is 1. The van der Waals surface area contributed by atoms with Gasteiger partial charge in [-0.3, -0.25) is 4.79 Å². The van der Waals surface area contributed by atoms with Crippen molar-refractivity contribution in [3.63, 3.8) is 0 Å². The van der Waals surface area contributed by atoms with Crippen LogP contribution in [0, 0.1) is 5.92 Å². The predicted molar refractivity (Wildman–Crippen MR) is 86.7 cm³/mol. The lowest BCUT2D eigenvalue weighted by Gasteiger charge is -2.15. The molecule has 1 rings (SSSR count). The van der Waals surface area contributed by atoms with Gasteiger partial charge in [0, 0.05) is 18.7 Å². The first-order valence-corrected chi connectivity index (χ1v) is 7.58. The Labute approximate surface area is 132 Å². The number of ether oxygens (including phenoxy) is 3. The Balaban J connectivity index is 2.72. The molecule has 1 atom stereocenters. The van der Waals surface area contributed by atoms with Crippen LogP contribution in [0.4, 0.5) is 0 Å². The monoisotopic (exact) mass is 309 g/mol. The summed E-state index contributed by atoms with van der Waals surface area (Å²) in [5.74, 6) is 1.65. The third-order valence-corrected chi connectivity index (χ3v) is 3.17. The zero-order valence-corrected chi connectivity index (χ0v) is 14.1. The number of amides is 1. The molecule has 0 bridgehead atoms. The standard InChI is InChI=1S/C17H27NO4/c1-12(2)8-9-22-15-7-6-14(10-16(15)21-5)17(19)18-13(3)11-20-4/h6-7,10,12-13H,8-9,11H2,1-5H3,(H,18,19). The van der Waals surface area contributed by atoms with Crippen molar-refractivity contribution in [2.24, 2.45) is 5.92 Å². The van der Waals surface area contributed by atoms with Crippen molar-refractivity contribution >= 4 is 5.91 Å². The summed E-state index contributed by atoms with van der Waals surface area (Å²) in [5, 5.41) is 2.87. The molecule has 1 unspecified atom stereocenters. The molecule has 0 aliphatic carbocycles. The van der Waals surface area contributed by atoms with Crippen LogP contribution in [0.3, 0.4) is 0 Å². The normalized spacial score (nSPS) is 12.1. The molecule has 0 fully saturated rings.